The van der Waals surface area contributed by atoms with Crippen molar-refractivity contribution in [1.29, 1.82) is 0 Å². The molecule has 3 nitrogen and oxygen atoms in total. The number of rotatable bonds is 3. The standard InChI is InChI=1S/C10H14ClNO2/c1-4-12(7(2)3)10(13)8-5-6-14-9(8)11/h5-7H,4H2,1-3H3. The number of amides is 1. The van der Waals surface area contributed by atoms with Gasteiger partial charge in [0.25, 0.3) is 5.91 Å². The lowest BCUT2D eigenvalue weighted by molar-refractivity contribution is 0.0716. The predicted molar refractivity (Wildman–Crippen MR) is 55.6 cm³/mol. The molecule has 14 heavy (non-hydrogen) atoms. The van der Waals surface area contributed by atoms with Gasteiger partial charge in [-0.05, 0) is 38.4 Å². The molecule has 0 aliphatic heterocycles. The van der Waals surface area contributed by atoms with Crippen LogP contribution in [0.15, 0.2) is 16.7 Å². The minimum Gasteiger partial charge on any atom is -0.452 e. The molecule has 4 heteroatoms. The molecule has 1 heterocycles. The number of halogens is 1. The summed E-state index contributed by atoms with van der Waals surface area (Å²) in [6.45, 7) is 6.54. The van der Waals surface area contributed by atoms with Crippen LogP contribution in [-0.4, -0.2) is 23.4 Å². The summed E-state index contributed by atoms with van der Waals surface area (Å²) < 4.78 is 4.88. The van der Waals surface area contributed by atoms with Gasteiger partial charge in [-0.15, -0.1) is 0 Å². The Morgan fingerprint density at radius 3 is 2.64 bits per heavy atom. The van der Waals surface area contributed by atoms with Crippen LogP contribution in [-0.2, 0) is 0 Å². The van der Waals surface area contributed by atoms with Crippen molar-refractivity contribution in [2.45, 2.75) is 26.8 Å². The summed E-state index contributed by atoms with van der Waals surface area (Å²) in [6, 6.07) is 1.76. The van der Waals surface area contributed by atoms with Gasteiger partial charge in [-0.25, -0.2) is 0 Å². The van der Waals surface area contributed by atoms with E-state index < -0.39 is 0 Å². The van der Waals surface area contributed by atoms with Gasteiger partial charge in [-0.3, -0.25) is 4.79 Å². The fourth-order valence-corrected chi connectivity index (χ4v) is 1.54. The Bertz CT molecular complexity index is 320. The lowest BCUT2D eigenvalue weighted by Gasteiger charge is -2.24. The second-order valence-electron chi connectivity index (χ2n) is 3.29. The molecule has 1 aromatic heterocycles. The van der Waals surface area contributed by atoms with Crippen molar-refractivity contribution in [1.82, 2.24) is 4.90 Å². The largest absolute Gasteiger partial charge is 0.452 e. The second kappa shape index (κ2) is 4.51. The van der Waals surface area contributed by atoms with Crippen LogP contribution in [0.1, 0.15) is 31.1 Å². The highest BCUT2D eigenvalue weighted by Gasteiger charge is 2.20. The molecule has 1 rings (SSSR count). The number of nitrogens with zero attached hydrogens (tertiary/aromatic N) is 1. The van der Waals surface area contributed by atoms with E-state index in [1.807, 2.05) is 20.8 Å². The summed E-state index contributed by atoms with van der Waals surface area (Å²) in [4.78, 5) is 13.6. The summed E-state index contributed by atoms with van der Waals surface area (Å²) in [5.41, 5.74) is 0.433. The zero-order valence-corrected chi connectivity index (χ0v) is 9.34. The zero-order valence-electron chi connectivity index (χ0n) is 8.58. The van der Waals surface area contributed by atoms with Gasteiger partial charge < -0.3 is 9.32 Å². The van der Waals surface area contributed by atoms with Crippen molar-refractivity contribution in [3.63, 3.8) is 0 Å². The van der Waals surface area contributed by atoms with E-state index in [0.29, 0.717) is 12.1 Å². The topological polar surface area (TPSA) is 33.5 Å². The second-order valence-corrected chi connectivity index (χ2v) is 3.64. The van der Waals surface area contributed by atoms with Crippen LogP contribution in [0.25, 0.3) is 0 Å². The molecule has 0 atom stereocenters. The number of hydrogen-bond donors (Lipinski definition) is 0. The van der Waals surface area contributed by atoms with Gasteiger partial charge in [0.15, 0.2) is 0 Å². The van der Waals surface area contributed by atoms with E-state index in [-0.39, 0.29) is 17.2 Å². The minimum absolute atomic E-state index is 0.0822. The van der Waals surface area contributed by atoms with Crippen molar-refractivity contribution in [3.8, 4) is 0 Å². The monoisotopic (exact) mass is 215 g/mol. The van der Waals surface area contributed by atoms with Crippen LogP contribution >= 0.6 is 11.6 Å². The molecule has 0 aliphatic carbocycles. The normalized spacial score (nSPS) is 10.6. The Hall–Kier alpha value is -0.960. The maximum atomic E-state index is 11.9. The Balaban J connectivity index is 2.89. The minimum atomic E-state index is -0.0822. The van der Waals surface area contributed by atoms with Gasteiger partial charge in [0.2, 0.25) is 5.22 Å². The van der Waals surface area contributed by atoms with Gasteiger partial charge in [0, 0.05) is 12.6 Å². The first-order valence-corrected chi connectivity index (χ1v) is 4.99. The highest BCUT2D eigenvalue weighted by atomic mass is 35.5. The first-order chi connectivity index (χ1) is 6.57. The fourth-order valence-electron chi connectivity index (χ4n) is 1.34. The van der Waals surface area contributed by atoms with Crippen LogP contribution in [0.4, 0.5) is 0 Å². The molecule has 78 valence electrons. The molecule has 0 aliphatic rings. The third kappa shape index (κ3) is 2.10. The summed E-state index contributed by atoms with van der Waals surface area (Å²) in [5, 5.41) is 0.161. The molecule has 0 unspecified atom stereocenters. The molecule has 1 aromatic rings. The Morgan fingerprint density at radius 2 is 2.29 bits per heavy atom. The van der Waals surface area contributed by atoms with Gasteiger partial charge >= 0.3 is 0 Å². The van der Waals surface area contributed by atoms with Crippen molar-refractivity contribution >= 4 is 17.5 Å². The molecule has 1 amide bonds. The van der Waals surface area contributed by atoms with Crippen LogP contribution in [0.5, 0.6) is 0 Å². The van der Waals surface area contributed by atoms with Gasteiger partial charge in [-0.1, -0.05) is 0 Å². The number of hydrogen-bond acceptors (Lipinski definition) is 2. The number of furan rings is 1. The van der Waals surface area contributed by atoms with Gasteiger partial charge in [0.1, 0.15) is 0 Å². The van der Waals surface area contributed by atoms with Crippen LogP contribution in [0.3, 0.4) is 0 Å². The molecule has 0 saturated carbocycles. The van der Waals surface area contributed by atoms with E-state index in [2.05, 4.69) is 0 Å². The summed E-state index contributed by atoms with van der Waals surface area (Å²) in [5.74, 6) is -0.0822. The first-order valence-electron chi connectivity index (χ1n) is 4.61. The summed E-state index contributed by atoms with van der Waals surface area (Å²) in [6.07, 6.45) is 1.42. The van der Waals surface area contributed by atoms with Crippen molar-refractivity contribution in [2.24, 2.45) is 0 Å². The maximum Gasteiger partial charge on any atom is 0.258 e. The lowest BCUT2D eigenvalue weighted by Crippen LogP contribution is -2.36. The molecule has 0 spiro atoms. The molecule has 0 fully saturated rings. The van der Waals surface area contributed by atoms with Crippen molar-refractivity contribution in [3.05, 3.63) is 23.1 Å². The van der Waals surface area contributed by atoms with Crippen LogP contribution in [0.2, 0.25) is 5.22 Å². The van der Waals surface area contributed by atoms with E-state index in [0.717, 1.165) is 0 Å². The molecule has 0 aromatic carbocycles. The van der Waals surface area contributed by atoms with Gasteiger partial charge in [-0.2, -0.15) is 0 Å². The van der Waals surface area contributed by atoms with E-state index in [4.69, 9.17) is 16.0 Å². The van der Waals surface area contributed by atoms with E-state index in [9.17, 15) is 4.79 Å². The smallest absolute Gasteiger partial charge is 0.258 e. The molecule has 0 radical (unpaired) electrons. The van der Waals surface area contributed by atoms with E-state index in [1.54, 1.807) is 11.0 Å². The highest BCUT2D eigenvalue weighted by Crippen LogP contribution is 2.19. The SMILES string of the molecule is CCN(C(=O)c1ccoc1Cl)C(C)C. The molecule has 0 saturated heterocycles. The number of carbonyl (C=O) groups is 1. The van der Waals surface area contributed by atoms with E-state index >= 15 is 0 Å². The number of carbonyl (C=O) groups excluding carboxylic acids is 1. The zero-order chi connectivity index (χ0) is 10.7. The van der Waals surface area contributed by atoms with E-state index in [1.165, 1.54) is 6.26 Å². The third-order valence-corrected chi connectivity index (χ3v) is 2.37. The maximum absolute atomic E-state index is 11.9. The fraction of sp³-hybridized carbons (Fsp3) is 0.500. The average Bonchev–Trinajstić information content (AvgIpc) is 2.51. The summed E-state index contributed by atoms with van der Waals surface area (Å²) >= 11 is 5.73. The summed E-state index contributed by atoms with van der Waals surface area (Å²) in [7, 11) is 0. The van der Waals surface area contributed by atoms with Crippen molar-refractivity contribution in [2.75, 3.05) is 6.54 Å². The Labute approximate surface area is 88.6 Å². The highest BCUT2D eigenvalue weighted by molar-refractivity contribution is 6.32. The quantitative estimate of drug-likeness (QED) is 0.777. The molecular weight excluding hydrogens is 202 g/mol. The Kier molecular flexibility index (Phi) is 3.58. The van der Waals surface area contributed by atoms with Crippen LogP contribution in [0, 0.1) is 0 Å². The molecule has 0 N–H and O–H groups in total. The van der Waals surface area contributed by atoms with Crippen molar-refractivity contribution < 1.29 is 9.21 Å². The average molecular weight is 216 g/mol. The third-order valence-electron chi connectivity index (χ3n) is 2.07. The lowest BCUT2D eigenvalue weighted by atomic mass is 10.2. The van der Waals surface area contributed by atoms with Crippen LogP contribution < -0.4 is 0 Å². The van der Waals surface area contributed by atoms with Gasteiger partial charge in [0.05, 0.1) is 11.8 Å². The predicted octanol–water partition coefficient (Wildman–Crippen LogP) is 2.80. The molecule has 0 bridgehead atoms. The first kappa shape index (κ1) is 11.1. The Morgan fingerprint density at radius 1 is 1.64 bits per heavy atom. The molecular formula is C10H14ClNO2.